The summed E-state index contributed by atoms with van der Waals surface area (Å²) in [4.78, 5) is 22.9. The van der Waals surface area contributed by atoms with Crippen molar-refractivity contribution < 1.29 is 14.7 Å². The smallest absolute Gasteiger partial charge is 0.308 e. The minimum atomic E-state index is -0.889. The molecule has 19 heavy (non-hydrogen) atoms. The predicted molar refractivity (Wildman–Crippen MR) is 74.0 cm³/mol. The van der Waals surface area contributed by atoms with E-state index in [4.69, 9.17) is 10.8 Å². The lowest BCUT2D eigenvalue weighted by molar-refractivity contribution is -0.141. The molecule has 1 atom stereocenters. The van der Waals surface area contributed by atoms with Gasteiger partial charge in [-0.25, -0.2) is 0 Å². The van der Waals surface area contributed by atoms with Gasteiger partial charge in [0.1, 0.15) is 0 Å². The van der Waals surface area contributed by atoms with Gasteiger partial charge >= 0.3 is 5.97 Å². The lowest BCUT2D eigenvalue weighted by Gasteiger charge is -2.13. The first kappa shape index (κ1) is 15.0. The molecular formula is C14H20N2O3. The first-order valence-corrected chi connectivity index (χ1v) is 6.32. The molecule has 1 amide bonds. The van der Waals surface area contributed by atoms with E-state index in [-0.39, 0.29) is 12.5 Å². The van der Waals surface area contributed by atoms with Crippen LogP contribution in [0.25, 0.3) is 0 Å². The van der Waals surface area contributed by atoms with E-state index in [2.05, 4.69) is 5.32 Å². The van der Waals surface area contributed by atoms with Crippen LogP contribution in [-0.4, -0.2) is 23.5 Å². The van der Waals surface area contributed by atoms with E-state index in [1.807, 2.05) is 19.9 Å². The fraction of sp³-hybridized carbons (Fsp3) is 0.429. The number of carbonyl (C=O) groups is 2. The number of carboxylic acids is 1. The molecule has 0 bridgehead atoms. The molecule has 4 N–H and O–H groups in total. The van der Waals surface area contributed by atoms with Gasteiger partial charge in [0, 0.05) is 12.2 Å². The van der Waals surface area contributed by atoms with Crippen molar-refractivity contribution in [2.75, 3.05) is 12.3 Å². The number of nitrogen functional groups attached to an aromatic ring is 1. The Morgan fingerprint density at radius 2 is 2.11 bits per heavy atom. The summed E-state index contributed by atoms with van der Waals surface area (Å²) in [5.41, 5.74) is 7.45. The van der Waals surface area contributed by atoms with Gasteiger partial charge in [-0.2, -0.15) is 0 Å². The van der Waals surface area contributed by atoms with Crippen molar-refractivity contribution in [2.45, 2.75) is 26.7 Å². The Hall–Kier alpha value is -2.04. The summed E-state index contributed by atoms with van der Waals surface area (Å²) in [6.45, 7) is 3.90. The number of hydrogen-bond acceptors (Lipinski definition) is 3. The van der Waals surface area contributed by atoms with Crippen LogP contribution in [0.15, 0.2) is 18.2 Å². The molecule has 0 spiro atoms. The summed E-state index contributed by atoms with van der Waals surface area (Å²) in [7, 11) is 0. The molecule has 0 fully saturated rings. The molecule has 0 aliphatic heterocycles. The van der Waals surface area contributed by atoms with Crippen molar-refractivity contribution in [3.63, 3.8) is 0 Å². The quantitative estimate of drug-likeness (QED) is 0.683. The summed E-state index contributed by atoms with van der Waals surface area (Å²) in [5, 5.41) is 11.6. The number of hydrogen-bond donors (Lipinski definition) is 3. The van der Waals surface area contributed by atoms with E-state index in [1.165, 1.54) is 0 Å². The minimum absolute atomic E-state index is 0.120. The Labute approximate surface area is 112 Å². The average Bonchev–Trinajstić information content (AvgIpc) is 2.36. The first-order chi connectivity index (χ1) is 8.95. The van der Waals surface area contributed by atoms with Gasteiger partial charge in [0.15, 0.2) is 0 Å². The van der Waals surface area contributed by atoms with Gasteiger partial charge < -0.3 is 16.2 Å². The van der Waals surface area contributed by atoms with Gasteiger partial charge in [-0.3, -0.25) is 9.59 Å². The second-order valence-corrected chi connectivity index (χ2v) is 4.62. The average molecular weight is 264 g/mol. The molecule has 1 rings (SSSR count). The summed E-state index contributed by atoms with van der Waals surface area (Å²) < 4.78 is 0. The van der Waals surface area contributed by atoms with Gasteiger partial charge in [-0.15, -0.1) is 0 Å². The first-order valence-electron chi connectivity index (χ1n) is 6.32. The summed E-state index contributed by atoms with van der Waals surface area (Å²) in [5.74, 6) is -1.78. The lowest BCUT2D eigenvalue weighted by Crippen LogP contribution is -2.33. The van der Waals surface area contributed by atoms with Crippen molar-refractivity contribution in [3.8, 4) is 0 Å². The molecule has 0 aromatic heterocycles. The van der Waals surface area contributed by atoms with Gasteiger partial charge in [-0.05, 0) is 25.5 Å². The van der Waals surface area contributed by atoms with Crippen LogP contribution in [0.3, 0.4) is 0 Å². The maximum absolute atomic E-state index is 12.0. The lowest BCUT2D eigenvalue weighted by atomic mass is 10.0. The Morgan fingerprint density at radius 1 is 1.42 bits per heavy atom. The summed E-state index contributed by atoms with van der Waals surface area (Å²) >= 11 is 0. The number of nitrogens with two attached hydrogens (primary N) is 1. The molecule has 1 aromatic rings. The topological polar surface area (TPSA) is 92.4 Å². The number of amides is 1. The van der Waals surface area contributed by atoms with Crippen molar-refractivity contribution in [2.24, 2.45) is 5.92 Å². The van der Waals surface area contributed by atoms with Crippen LogP contribution in [0.4, 0.5) is 5.69 Å². The Kier molecular flexibility index (Phi) is 5.36. The molecule has 0 saturated carbocycles. The van der Waals surface area contributed by atoms with Gasteiger partial charge in [-0.1, -0.05) is 25.0 Å². The summed E-state index contributed by atoms with van der Waals surface area (Å²) in [6, 6.07) is 5.19. The number of aryl methyl sites for hydroxylation is 1. The molecule has 0 aliphatic rings. The van der Waals surface area contributed by atoms with E-state index in [9.17, 15) is 9.59 Å². The summed E-state index contributed by atoms with van der Waals surface area (Å²) in [6.07, 6.45) is 1.30. The molecule has 0 heterocycles. The Bertz CT molecular complexity index is 472. The molecule has 0 aliphatic carbocycles. The van der Waals surface area contributed by atoms with Gasteiger partial charge in [0.25, 0.3) is 5.91 Å². The van der Waals surface area contributed by atoms with Crippen LogP contribution < -0.4 is 11.1 Å². The molecule has 104 valence electrons. The maximum Gasteiger partial charge on any atom is 0.308 e. The van der Waals surface area contributed by atoms with Crippen LogP contribution in [0.1, 0.15) is 35.7 Å². The zero-order valence-corrected chi connectivity index (χ0v) is 11.3. The largest absolute Gasteiger partial charge is 0.481 e. The molecule has 0 radical (unpaired) electrons. The Balaban J connectivity index is 2.69. The predicted octanol–water partition coefficient (Wildman–Crippen LogP) is 1.81. The third kappa shape index (κ3) is 4.28. The molecule has 1 unspecified atom stereocenters. The number of aliphatic carboxylic acids is 1. The van der Waals surface area contributed by atoms with Crippen LogP contribution in [0.2, 0.25) is 0 Å². The fourth-order valence-electron chi connectivity index (χ4n) is 1.84. The molecule has 5 heteroatoms. The number of anilines is 1. The number of nitrogens with one attached hydrogen (secondary N) is 1. The van der Waals surface area contributed by atoms with E-state index in [1.54, 1.807) is 12.1 Å². The third-order valence-electron chi connectivity index (χ3n) is 2.95. The van der Waals surface area contributed by atoms with E-state index in [0.29, 0.717) is 17.7 Å². The molecule has 1 aromatic carbocycles. The zero-order valence-electron chi connectivity index (χ0n) is 11.3. The van der Waals surface area contributed by atoms with E-state index in [0.717, 1.165) is 12.0 Å². The van der Waals surface area contributed by atoms with Crippen LogP contribution in [0, 0.1) is 12.8 Å². The number of rotatable bonds is 6. The van der Waals surface area contributed by atoms with Crippen molar-refractivity contribution >= 4 is 17.6 Å². The van der Waals surface area contributed by atoms with E-state index < -0.39 is 11.9 Å². The normalized spacial score (nSPS) is 11.9. The maximum atomic E-state index is 12.0. The second-order valence-electron chi connectivity index (χ2n) is 4.62. The molecule has 5 nitrogen and oxygen atoms in total. The van der Waals surface area contributed by atoms with Crippen molar-refractivity contribution in [3.05, 3.63) is 29.3 Å². The van der Waals surface area contributed by atoms with E-state index >= 15 is 0 Å². The van der Waals surface area contributed by atoms with Crippen molar-refractivity contribution in [1.29, 1.82) is 0 Å². The zero-order chi connectivity index (χ0) is 14.4. The highest BCUT2D eigenvalue weighted by Crippen LogP contribution is 2.14. The standard InChI is InChI=1S/C14H20N2O3/c1-3-4-10(14(18)19)8-16-13(17)11-7-9(2)5-6-12(11)15/h5-7,10H,3-4,8,15H2,1-2H3,(H,16,17)(H,18,19). The SMILES string of the molecule is CCCC(CNC(=O)c1cc(C)ccc1N)C(=O)O. The molecule has 0 saturated heterocycles. The van der Waals surface area contributed by atoms with Gasteiger partial charge in [0.05, 0.1) is 11.5 Å². The van der Waals surface area contributed by atoms with Crippen LogP contribution in [0.5, 0.6) is 0 Å². The highest BCUT2D eigenvalue weighted by molar-refractivity contribution is 5.99. The fourth-order valence-corrected chi connectivity index (χ4v) is 1.84. The van der Waals surface area contributed by atoms with Crippen LogP contribution in [-0.2, 0) is 4.79 Å². The monoisotopic (exact) mass is 264 g/mol. The second kappa shape index (κ2) is 6.78. The van der Waals surface area contributed by atoms with Gasteiger partial charge in [0.2, 0.25) is 0 Å². The highest BCUT2D eigenvalue weighted by Gasteiger charge is 2.18. The van der Waals surface area contributed by atoms with Crippen LogP contribution >= 0.6 is 0 Å². The number of benzene rings is 1. The molecular weight excluding hydrogens is 244 g/mol. The third-order valence-corrected chi connectivity index (χ3v) is 2.95. The van der Waals surface area contributed by atoms with Crippen molar-refractivity contribution in [1.82, 2.24) is 5.32 Å². The number of carboxylic acid groups (broad SMARTS) is 1. The minimum Gasteiger partial charge on any atom is -0.481 e. The Morgan fingerprint density at radius 3 is 2.68 bits per heavy atom. The highest BCUT2D eigenvalue weighted by atomic mass is 16.4. The number of carbonyl (C=O) groups excluding carboxylic acids is 1.